The predicted octanol–water partition coefficient (Wildman–Crippen LogP) is -1.96. The Labute approximate surface area is 78.2 Å². The van der Waals surface area contributed by atoms with Gasteiger partial charge in [-0.1, -0.05) is 4.57 Å². The number of hydrogen-bond acceptors (Lipinski definition) is 2. The molecule has 0 spiro atoms. The molecule has 0 amide bonds. The average molecular weight is 155 g/mol. The van der Waals surface area contributed by atoms with Crippen LogP contribution in [0, 0.1) is 0 Å². The van der Waals surface area contributed by atoms with Crippen LogP contribution in [0.25, 0.3) is 0 Å². The SMILES string of the molecule is O=[P+]([O-])C1CCCC1.[Na+]. The van der Waals surface area contributed by atoms with E-state index >= 15 is 0 Å². The first-order valence-corrected chi connectivity index (χ1v) is 4.19. The largest absolute Gasteiger partial charge is 1.00 e. The van der Waals surface area contributed by atoms with Gasteiger partial charge in [0.1, 0.15) is 0 Å². The second-order valence-corrected chi connectivity index (χ2v) is 3.52. The van der Waals surface area contributed by atoms with Gasteiger partial charge in [-0.05, 0) is 25.7 Å². The van der Waals surface area contributed by atoms with Crippen LogP contribution in [0.1, 0.15) is 25.7 Å². The molecule has 0 aromatic heterocycles. The Balaban J connectivity index is 0.000000640. The molecule has 1 aliphatic rings. The van der Waals surface area contributed by atoms with Gasteiger partial charge in [0.05, 0.1) is 0 Å². The van der Waals surface area contributed by atoms with E-state index in [0.717, 1.165) is 25.7 Å². The maximum Gasteiger partial charge on any atom is 1.00 e. The Morgan fingerprint density at radius 3 is 2.00 bits per heavy atom. The van der Waals surface area contributed by atoms with Gasteiger partial charge in [-0.15, -0.1) is 0 Å². The second kappa shape index (κ2) is 4.81. The quantitative estimate of drug-likeness (QED) is 0.325. The summed E-state index contributed by atoms with van der Waals surface area (Å²) in [5.74, 6) is 0. The fraction of sp³-hybridized carbons (Fsp3) is 1.00. The summed E-state index contributed by atoms with van der Waals surface area (Å²) in [7, 11) is -2.10. The molecule has 1 unspecified atom stereocenters. The minimum atomic E-state index is -2.10. The first-order chi connectivity index (χ1) is 3.80. The summed E-state index contributed by atoms with van der Waals surface area (Å²) < 4.78 is 10.2. The minimum absolute atomic E-state index is 0. The average Bonchev–Trinajstić information content (AvgIpc) is 2.12. The van der Waals surface area contributed by atoms with Crippen molar-refractivity contribution in [3.8, 4) is 0 Å². The molecule has 1 saturated carbocycles. The van der Waals surface area contributed by atoms with E-state index in [4.69, 9.17) is 0 Å². The van der Waals surface area contributed by atoms with E-state index in [1.54, 1.807) is 0 Å². The molecule has 1 fully saturated rings. The number of hydrogen-bond donors (Lipinski definition) is 0. The molecule has 1 aliphatic carbocycles. The van der Waals surface area contributed by atoms with Gasteiger partial charge in [-0.3, -0.25) is 0 Å². The van der Waals surface area contributed by atoms with Gasteiger partial charge in [0.25, 0.3) is 0 Å². The van der Waals surface area contributed by atoms with E-state index in [1.807, 2.05) is 0 Å². The van der Waals surface area contributed by atoms with Crippen LogP contribution in [-0.4, -0.2) is 5.66 Å². The van der Waals surface area contributed by atoms with E-state index in [9.17, 15) is 9.46 Å². The molecule has 0 radical (unpaired) electrons. The fourth-order valence-electron chi connectivity index (χ4n) is 1.12. The van der Waals surface area contributed by atoms with Crippen molar-refractivity contribution in [2.45, 2.75) is 31.3 Å². The molecule has 0 heterocycles. The molecule has 0 N–H and O–H groups in total. The van der Waals surface area contributed by atoms with E-state index in [1.165, 1.54) is 0 Å². The normalized spacial score (nSPS) is 21.2. The second-order valence-electron chi connectivity index (χ2n) is 2.22. The minimum Gasteiger partial charge on any atom is -0.595 e. The summed E-state index contributed by atoms with van der Waals surface area (Å²) >= 11 is 0. The molecule has 4 heteroatoms. The molecule has 46 valence electrons. The smallest absolute Gasteiger partial charge is 0.595 e. The van der Waals surface area contributed by atoms with Crippen LogP contribution >= 0.6 is 8.03 Å². The van der Waals surface area contributed by atoms with E-state index in [-0.39, 0.29) is 35.2 Å². The zero-order chi connectivity index (χ0) is 5.98. The van der Waals surface area contributed by atoms with Crippen molar-refractivity contribution >= 4 is 8.03 Å². The molecule has 2 nitrogen and oxygen atoms in total. The molecule has 0 bridgehead atoms. The molecular weight excluding hydrogens is 146 g/mol. The summed E-state index contributed by atoms with van der Waals surface area (Å²) in [6.07, 6.45) is 4.01. The van der Waals surface area contributed by atoms with Crippen molar-refractivity contribution in [3.05, 3.63) is 0 Å². The van der Waals surface area contributed by atoms with Crippen molar-refractivity contribution < 1.29 is 39.0 Å². The number of rotatable bonds is 1. The maximum absolute atomic E-state index is 10.2. The Bertz CT molecular complexity index is 101. The van der Waals surface area contributed by atoms with E-state index < -0.39 is 8.03 Å². The molecule has 0 aromatic carbocycles. The van der Waals surface area contributed by atoms with Gasteiger partial charge in [-0.25, -0.2) is 0 Å². The third-order valence-corrected chi connectivity index (χ3v) is 2.74. The first kappa shape index (κ1) is 10.1. The van der Waals surface area contributed by atoms with Gasteiger partial charge in [0.2, 0.25) is 0 Å². The van der Waals surface area contributed by atoms with Crippen molar-refractivity contribution in [1.29, 1.82) is 0 Å². The Hall–Kier alpha value is 1.06. The third-order valence-electron chi connectivity index (χ3n) is 1.62. The van der Waals surface area contributed by atoms with Crippen LogP contribution in [0.4, 0.5) is 0 Å². The summed E-state index contributed by atoms with van der Waals surface area (Å²) in [6, 6.07) is 0. The van der Waals surface area contributed by atoms with Crippen molar-refractivity contribution in [2.75, 3.05) is 0 Å². The van der Waals surface area contributed by atoms with E-state index in [2.05, 4.69) is 0 Å². The van der Waals surface area contributed by atoms with Gasteiger partial charge < -0.3 is 4.89 Å². The summed E-state index contributed by atoms with van der Waals surface area (Å²) in [5.41, 5.74) is 0.0185. The molecule has 0 saturated heterocycles. The topological polar surface area (TPSA) is 40.1 Å². The molecule has 1 rings (SSSR count). The van der Waals surface area contributed by atoms with Gasteiger partial charge in [0, 0.05) is 0 Å². The van der Waals surface area contributed by atoms with Crippen molar-refractivity contribution in [3.63, 3.8) is 0 Å². The van der Waals surface area contributed by atoms with E-state index in [0.29, 0.717) is 0 Å². The Kier molecular flexibility index (Phi) is 5.38. The Morgan fingerprint density at radius 2 is 1.78 bits per heavy atom. The molecular formula is C5H9NaO2P+. The van der Waals surface area contributed by atoms with Gasteiger partial charge in [0.15, 0.2) is 5.66 Å². The summed E-state index contributed by atoms with van der Waals surface area (Å²) in [6.45, 7) is 0. The standard InChI is InChI=1S/C5H9O2P.Na/c6-8(7)5-3-1-2-4-5;/h5H,1-4H2;/q;+1. The Morgan fingerprint density at radius 1 is 1.33 bits per heavy atom. The third kappa shape index (κ3) is 3.10. The molecule has 9 heavy (non-hydrogen) atoms. The van der Waals surface area contributed by atoms with Crippen LogP contribution in [0.5, 0.6) is 0 Å². The summed E-state index contributed by atoms with van der Waals surface area (Å²) in [5, 5.41) is 0. The molecule has 1 atom stereocenters. The van der Waals surface area contributed by atoms with Gasteiger partial charge in [-0.2, -0.15) is 0 Å². The zero-order valence-electron chi connectivity index (χ0n) is 5.67. The van der Waals surface area contributed by atoms with Crippen LogP contribution in [-0.2, 0) is 4.57 Å². The zero-order valence-corrected chi connectivity index (χ0v) is 8.56. The van der Waals surface area contributed by atoms with Crippen LogP contribution in [0.3, 0.4) is 0 Å². The monoisotopic (exact) mass is 155 g/mol. The maximum atomic E-state index is 10.2. The van der Waals surface area contributed by atoms with Crippen LogP contribution in [0.15, 0.2) is 0 Å². The van der Waals surface area contributed by atoms with Crippen molar-refractivity contribution in [1.82, 2.24) is 0 Å². The summed E-state index contributed by atoms with van der Waals surface area (Å²) in [4.78, 5) is 10.2. The first-order valence-electron chi connectivity index (χ1n) is 2.94. The van der Waals surface area contributed by atoms with Crippen molar-refractivity contribution in [2.24, 2.45) is 0 Å². The molecule has 0 aliphatic heterocycles. The van der Waals surface area contributed by atoms with Crippen LogP contribution in [0.2, 0.25) is 0 Å². The molecule has 0 aromatic rings. The predicted molar refractivity (Wildman–Crippen MR) is 29.9 cm³/mol. The van der Waals surface area contributed by atoms with Crippen LogP contribution < -0.4 is 34.5 Å². The van der Waals surface area contributed by atoms with Gasteiger partial charge >= 0.3 is 37.6 Å². The fourth-order valence-corrected chi connectivity index (χ4v) is 1.90.